The maximum Gasteiger partial charge on any atom is 0.335 e. The monoisotopic (exact) mass is 271 g/mol. The first-order chi connectivity index (χ1) is 8.40. The first kappa shape index (κ1) is 14.2. The van der Waals surface area contributed by atoms with E-state index in [4.69, 9.17) is 16.7 Å². The Balaban J connectivity index is 2.62. The number of halogens is 1. The highest BCUT2D eigenvalue weighted by atomic mass is 35.5. The van der Waals surface area contributed by atoms with Crippen molar-refractivity contribution < 1.29 is 14.7 Å². The molecule has 0 aromatic carbocycles. The zero-order valence-electron chi connectivity index (χ0n) is 10.1. The van der Waals surface area contributed by atoms with Crippen LogP contribution >= 0.6 is 11.6 Å². The van der Waals surface area contributed by atoms with Gasteiger partial charge in [0, 0.05) is 27.1 Å². The molecular weight excluding hydrogens is 258 g/mol. The Bertz CT molecular complexity index is 463. The summed E-state index contributed by atoms with van der Waals surface area (Å²) in [5.41, 5.74) is 0.0523. The summed E-state index contributed by atoms with van der Waals surface area (Å²) < 4.78 is 0. The standard InChI is InChI=1S/C11H14ClN3O3/c1-15(2)10(16)3-4-13-9-6-7(11(17)18)5-8(12)14-9/h5-6H,3-4H2,1-2H3,(H,13,14)(H,17,18). The summed E-state index contributed by atoms with van der Waals surface area (Å²) in [4.78, 5) is 27.5. The van der Waals surface area contributed by atoms with Crippen LogP contribution in [0.15, 0.2) is 12.1 Å². The van der Waals surface area contributed by atoms with Crippen LogP contribution in [-0.2, 0) is 4.79 Å². The first-order valence-corrected chi connectivity index (χ1v) is 5.63. The van der Waals surface area contributed by atoms with Crippen molar-refractivity contribution in [3.8, 4) is 0 Å². The second kappa shape index (κ2) is 6.20. The van der Waals surface area contributed by atoms with Gasteiger partial charge in [0.1, 0.15) is 11.0 Å². The van der Waals surface area contributed by atoms with Gasteiger partial charge in [-0.1, -0.05) is 11.6 Å². The van der Waals surface area contributed by atoms with Crippen molar-refractivity contribution in [3.05, 3.63) is 22.8 Å². The van der Waals surface area contributed by atoms with Crippen LogP contribution in [0.4, 0.5) is 5.82 Å². The Hall–Kier alpha value is -1.82. The number of hydrogen-bond donors (Lipinski definition) is 2. The molecule has 0 aliphatic carbocycles. The van der Waals surface area contributed by atoms with Crippen LogP contribution in [0.1, 0.15) is 16.8 Å². The molecule has 1 amide bonds. The summed E-state index contributed by atoms with van der Waals surface area (Å²) in [5, 5.41) is 11.8. The highest BCUT2D eigenvalue weighted by Gasteiger charge is 2.08. The number of rotatable bonds is 5. The average Bonchev–Trinajstić information content (AvgIpc) is 2.27. The van der Waals surface area contributed by atoms with E-state index in [1.807, 2.05) is 0 Å². The lowest BCUT2D eigenvalue weighted by Gasteiger charge is -2.11. The number of carboxylic acid groups (broad SMARTS) is 1. The largest absolute Gasteiger partial charge is 0.478 e. The minimum atomic E-state index is -1.08. The number of pyridine rings is 1. The number of hydrogen-bond acceptors (Lipinski definition) is 4. The van der Waals surface area contributed by atoms with Crippen LogP contribution in [-0.4, -0.2) is 47.5 Å². The van der Waals surface area contributed by atoms with E-state index in [0.717, 1.165) is 0 Å². The SMILES string of the molecule is CN(C)C(=O)CCNc1cc(C(=O)O)cc(Cl)n1. The normalized spacial score (nSPS) is 9.94. The summed E-state index contributed by atoms with van der Waals surface area (Å²) in [5.74, 6) is -0.763. The zero-order chi connectivity index (χ0) is 13.7. The second-order valence-corrected chi connectivity index (χ2v) is 4.22. The number of aromatic nitrogens is 1. The van der Waals surface area contributed by atoms with Crippen LogP contribution in [0.2, 0.25) is 5.15 Å². The number of carbonyl (C=O) groups excluding carboxylic acids is 1. The zero-order valence-corrected chi connectivity index (χ0v) is 10.9. The predicted molar refractivity (Wildman–Crippen MR) is 68.0 cm³/mol. The average molecular weight is 272 g/mol. The van der Waals surface area contributed by atoms with Gasteiger partial charge < -0.3 is 15.3 Å². The Morgan fingerprint density at radius 3 is 2.67 bits per heavy atom. The summed E-state index contributed by atoms with van der Waals surface area (Å²) >= 11 is 5.70. The van der Waals surface area contributed by atoms with Gasteiger partial charge in [0.25, 0.3) is 0 Å². The van der Waals surface area contributed by atoms with Crippen LogP contribution in [0.3, 0.4) is 0 Å². The first-order valence-electron chi connectivity index (χ1n) is 5.25. The molecule has 0 aliphatic rings. The van der Waals surface area contributed by atoms with Gasteiger partial charge in [0.2, 0.25) is 5.91 Å². The Labute approximate surface area is 110 Å². The van der Waals surface area contributed by atoms with E-state index in [1.54, 1.807) is 14.1 Å². The molecule has 2 N–H and O–H groups in total. The van der Waals surface area contributed by atoms with E-state index in [9.17, 15) is 9.59 Å². The Morgan fingerprint density at radius 2 is 2.11 bits per heavy atom. The molecule has 0 saturated carbocycles. The highest BCUT2D eigenvalue weighted by molar-refractivity contribution is 6.29. The summed E-state index contributed by atoms with van der Waals surface area (Å²) in [6.45, 7) is 0.364. The molecule has 98 valence electrons. The van der Waals surface area contributed by atoms with Crippen molar-refractivity contribution in [2.75, 3.05) is 26.0 Å². The van der Waals surface area contributed by atoms with E-state index >= 15 is 0 Å². The third-order valence-corrected chi connectivity index (χ3v) is 2.38. The summed E-state index contributed by atoms with van der Waals surface area (Å²) in [6, 6.07) is 2.63. The van der Waals surface area contributed by atoms with E-state index < -0.39 is 5.97 Å². The predicted octanol–water partition coefficient (Wildman–Crippen LogP) is 1.32. The van der Waals surface area contributed by atoms with E-state index in [0.29, 0.717) is 18.8 Å². The molecule has 1 heterocycles. The van der Waals surface area contributed by atoms with Gasteiger partial charge in [-0.2, -0.15) is 0 Å². The van der Waals surface area contributed by atoms with Gasteiger partial charge in [-0.15, -0.1) is 0 Å². The van der Waals surface area contributed by atoms with Crippen LogP contribution < -0.4 is 5.32 Å². The van der Waals surface area contributed by atoms with Crippen LogP contribution in [0, 0.1) is 0 Å². The fourth-order valence-corrected chi connectivity index (χ4v) is 1.44. The molecule has 0 radical (unpaired) electrons. The van der Waals surface area contributed by atoms with E-state index in [2.05, 4.69) is 10.3 Å². The molecule has 1 aromatic rings. The Morgan fingerprint density at radius 1 is 1.44 bits per heavy atom. The molecule has 6 nitrogen and oxygen atoms in total. The maximum atomic E-state index is 11.3. The number of nitrogens with zero attached hydrogens (tertiary/aromatic N) is 2. The third-order valence-electron chi connectivity index (χ3n) is 2.18. The van der Waals surface area contributed by atoms with Crippen molar-refractivity contribution in [3.63, 3.8) is 0 Å². The topological polar surface area (TPSA) is 82.5 Å². The highest BCUT2D eigenvalue weighted by Crippen LogP contribution is 2.14. The molecule has 0 aliphatic heterocycles. The number of anilines is 1. The third kappa shape index (κ3) is 4.21. The molecule has 18 heavy (non-hydrogen) atoms. The van der Waals surface area contributed by atoms with E-state index in [-0.39, 0.29) is 16.6 Å². The molecule has 0 bridgehead atoms. The molecule has 0 atom stereocenters. The van der Waals surface area contributed by atoms with Crippen molar-refractivity contribution in [2.24, 2.45) is 0 Å². The van der Waals surface area contributed by atoms with Crippen molar-refractivity contribution in [2.45, 2.75) is 6.42 Å². The van der Waals surface area contributed by atoms with Gasteiger partial charge in [-0.25, -0.2) is 9.78 Å². The molecule has 7 heteroatoms. The number of nitrogens with one attached hydrogen (secondary N) is 1. The van der Waals surface area contributed by atoms with Crippen LogP contribution in [0.25, 0.3) is 0 Å². The Kier molecular flexibility index (Phi) is 4.91. The van der Waals surface area contributed by atoms with Gasteiger partial charge in [-0.3, -0.25) is 4.79 Å². The lowest BCUT2D eigenvalue weighted by Crippen LogP contribution is -2.24. The maximum absolute atomic E-state index is 11.3. The molecule has 0 spiro atoms. The fourth-order valence-electron chi connectivity index (χ4n) is 1.23. The molecule has 0 fully saturated rings. The molecule has 1 rings (SSSR count). The lowest BCUT2D eigenvalue weighted by molar-refractivity contribution is -0.128. The van der Waals surface area contributed by atoms with Crippen molar-refractivity contribution >= 4 is 29.3 Å². The fraction of sp³-hybridized carbons (Fsp3) is 0.364. The minimum Gasteiger partial charge on any atom is -0.478 e. The van der Waals surface area contributed by atoms with Crippen molar-refractivity contribution in [1.29, 1.82) is 0 Å². The van der Waals surface area contributed by atoms with Crippen molar-refractivity contribution in [1.82, 2.24) is 9.88 Å². The van der Waals surface area contributed by atoms with Gasteiger partial charge in [-0.05, 0) is 12.1 Å². The van der Waals surface area contributed by atoms with Gasteiger partial charge in [0.05, 0.1) is 5.56 Å². The lowest BCUT2D eigenvalue weighted by atomic mass is 10.2. The number of carboxylic acids is 1. The smallest absolute Gasteiger partial charge is 0.335 e. The molecule has 1 aromatic heterocycles. The molecule has 0 unspecified atom stereocenters. The van der Waals surface area contributed by atoms with Gasteiger partial charge in [0.15, 0.2) is 0 Å². The number of aromatic carboxylic acids is 1. The minimum absolute atomic E-state index is 0.0250. The molecule has 0 saturated heterocycles. The van der Waals surface area contributed by atoms with Gasteiger partial charge >= 0.3 is 5.97 Å². The quantitative estimate of drug-likeness (QED) is 0.790. The van der Waals surface area contributed by atoms with E-state index in [1.165, 1.54) is 17.0 Å². The second-order valence-electron chi connectivity index (χ2n) is 3.83. The molecular formula is C11H14ClN3O3. The number of amides is 1. The number of carbonyl (C=O) groups is 2. The van der Waals surface area contributed by atoms with Crippen LogP contribution in [0.5, 0.6) is 0 Å². The summed E-state index contributed by atoms with van der Waals surface area (Å²) in [7, 11) is 3.34. The summed E-state index contributed by atoms with van der Waals surface area (Å²) in [6.07, 6.45) is 0.295.